The maximum Gasteiger partial charge on any atom is 0.0502 e. The maximum atomic E-state index is 6.25. The van der Waals surface area contributed by atoms with Crippen molar-refractivity contribution in [2.24, 2.45) is 11.8 Å². The molecule has 17 heavy (non-hydrogen) atoms. The molecule has 0 saturated heterocycles. The van der Waals surface area contributed by atoms with E-state index in [0.29, 0.717) is 5.92 Å². The van der Waals surface area contributed by atoms with Gasteiger partial charge in [0.1, 0.15) is 0 Å². The Hall–Kier alpha value is -0.570. The summed E-state index contributed by atoms with van der Waals surface area (Å²) in [6, 6.07) is 8.11. The number of benzene rings is 1. The molecule has 0 heterocycles. The van der Waals surface area contributed by atoms with Crippen LogP contribution in [-0.2, 0) is 0 Å². The van der Waals surface area contributed by atoms with Gasteiger partial charge in [0, 0.05) is 5.02 Å². The van der Waals surface area contributed by atoms with E-state index < -0.39 is 0 Å². The van der Waals surface area contributed by atoms with E-state index in [1.165, 1.54) is 25.7 Å². The van der Waals surface area contributed by atoms with Crippen LogP contribution in [0.3, 0.4) is 0 Å². The molecule has 0 aliphatic carbocycles. The van der Waals surface area contributed by atoms with Crippen molar-refractivity contribution in [3.8, 4) is 0 Å². The fourth-order valence-electron chi connectivity index (χ4n) is 2.43. The van der Waals surface area contributed by atoms with Crippen molar-refractivity contribution in [2.45, 2.75) is 45.6 Å². The minimum atomic E-state index is 0.156. The Morgan fingerprint density at radius 3 is 2.24 bits per heavy atom. The largest absolute Gasteiger partial charge is 0.271 e. The Bertz CT molecular complexity index is 322. The highest BCUT2D eigenvalue weighted by molar-refractivity contribution is 6.31. The predicted octanol–water partition coefficient (Wildman–Crippen LogP) is 4.06. The van der Waals surface area contributed by atoms with Gasteiger partial charge in [-0.05, 0) is 30.4 Å². The Balaban J connectivity index is 2.91. The summed E-state index contributed by atoms with van der Waals surface area (Å²) in [4.78, 5) is 0. The van der Waals surface area contributed by atoms with Crippen LogP contribution in [-0.4, -0.2) is 0 Å². The average Bonchev–Trinajstić information content (AvgIpc) is 2.33. The zero-order chi connectivity index (χ0) is 12.7. The van der Waals surface area contributed by atoms with Gasteiger partial charge in [0.25, 0.3) is 0 Å². The third-order valence-corrected chi connectivity index (χ3v) is 3.55. The van der Waals surface area contributed by atoms with Crippen molar-refractivity contribution in [1.82, 2.24) is 5.43 Å². The smallest absolute Gasteiger partial charge is 0.0502 e. The highest BCUT2D eigenvalue weighted by Gasteiger charge is 2.22. The number of halogens is 1. The first kappa shape index (κ1) is 14.5. The molecule has 3 N–H and O–H groups in total. The molecule has 0 spiro atoms. The molecule has 0 aliphatic rings. The summed E-state index contributed by atoms with van der Waals surface area (Å²) >= 11 is 6.25. The standard InChI is InChI=1S/C14H23ClN2/c1-3-7-11(8-4-2)14(17-16)12-9-5-6-10-13(12)15/h5-6,9-11,14,17H,3-4,7-8,16H2,1-2H3. The molecule has 96 valence electrons. The van der Waals surface area contributed by atoms with E-state index in [4.69, 9.17) is 17.4 Å². The van der Waals surface area contributed by atoms with Gasteiger partial charge in [-0.25, -0.2) is 0 Å². The fourth-order valence-corrected chi connectivity index (χ4v) is 2.68. The number of hydrazine groups is 1. The van der Waals surface area contributed by atoms with E-state index in [1.54, 1.807) is 0 Å². The lowest BCUT2D eigenvalue weighted by Gasteiger charge is -2.27. The second-order valence-electron chi connectivity index (χ2n) is 4.50. The van der Waals surface area contributed by atoms with Crippen LogP contribution in [0.1, 0.15) is 51.1 Å². The minimum Gasteiger partial charge on any atom is -0.271 e. The van der Waals surface area contributed by atoms with E-state index in [-0.39, 0.29) is 6.04 Å². The highest BCUT2D eigenvalue weighted by atomic mass is 35.5. The molecule has 0 saturated carbocycles. The van der Waals surface area contributed by atoms with E-state index in [9.17, 15) is 0 Å². The van der Waals surface area contributed by atoms with Crippen LogP contribution in [0.5, 0.6) is 0 Å². The maximum absolute atomic E-state index is 6.25. The van der Waals surface area contributed by atoms with Gasteiger partial charge in [-0.3, -0.25) is 11.3 Å². The zero-order valence-corrected chi connectivity index (χ0v) is 11.5. The Morgan fingerprint density at radius 1 is 1.18 bits per heavy atom. The lowest BCUT2D eigenvalue weighted by atomic mass is 9.86. The molecule has 1 aromatic rings. The molecule has 3 heteroatoms. The third-order valence-electron chi connectivity index (χ3n) is 3.21. The van der Waals surface area contributed by atoms with Crippen LogP contribution in [0, 0.1) is 5.92 Å². The molecule has 0 fully saturated rings. The second kappa shape index (κ2) is 7.70. The first-order chi connectivity index (χ1) is 8.24. The third kappa shape index (κ3) is 3.98. The fraction of sp³-hybridized carbons (Fsp3) is 0.571. The Labute approximate surface area is 110 Å². The number of nitrogens with one attached hydrogen (secondary N) is 1. The first-order valence-electron chi connectivity index (χ1n) is 6.45. The summed E-state index contributed by atoms with van der Waals surface area (Å²) in [5.41, 5.74) is 4.06. The molecule has 0 aliphatic heterocycles. The Kier molecular flexibility index (Phi) is 6.56. The van der Waals surface area contributed by atoms with Crippen LogP contribution >= 0.6 is 11.6 Å². The Morgan fingerprint density at radius 2 is 1.76 bits per heavy atom. The summed E-state index contributed by atoms with van der Waals surface area (Å²) in [5.74, 6) is 6.28. The van der Waals surface area contributed by atoms with Crippen LogP contribution < -0.4 is 11.3 Å². The lowest BCUT2D eigenvalue weighted by Crippen LogP contribution is -2.33. The quantitative estimate of drug-likeness (QED) is 0.569. The van der Waals surface area contributed by atoms with E-state index in [0.717, 1.165) is 10.6 Å². The van der Waals surface area contributed by atoms with Gasteiger partial charge in [0.2, 0.25) is 0 Å². The topological polar surface area (TPSA) is 38.0 Å². The van der Waals surface area contributed by atoms with Crippen molar-refractivity contribution in [1.29, 1.82) is 0 Å². The van der Waals surface area contributed by atoms with Crippen molar-refractivity contribution in [2.75, 3.05) is 0 Å². The van der Waals surface area contributed by atoms with Gasteiger partial charge >= 0.3 is 0 Å². The van der Waals surface area contributed by atoms with Crippen molar-refractivity contribution >= 4 is 11.6 Å². The second-order valence-corrected chi connectivity index (χ2v) is 4.91. The van der Waals surface area contributed by atoms with Gasteiger partial charge < -0.3 is 0 Å². The van der Waals surface area contributed by atoms with Gasteiger partial charge in [-0.2, -0.15) is 0 Å². The molecule has 0 amide bonds. The molecular formula is C14H23ClN2. The molecule has 0 aromatic heterocycles. The van der Waals surface area contributed by atoms with Gasteiger partial charge in [-0.1, -0.05) is 56.5 Å². The van der Waals surface area contributed by atoms with Crippen LogP contribution in [0.25, 0.3) is 0 Å². The highest BCUT2D eigenvalue weighted by Crippen LogP contribution is 2.32. The number of hydrogen-bond donors (Lipinski definition) is 2. The minimum absolute atomic E-state index is 0.156. The van der Waals surface area contributed by atoms with Crippen LogP contribution in [0.15, 0.2) is 24.3 Å². The summed E-state index contributed by atoms with van der Waals surface area (Å²) in [6.45, 7) is 4.42. The SMILES string of the molecule is CCCC(CCC)C(NN)c1ccccc1Cl. The summed E-state index contributed by atoms with van der Waals surface area (Å²) in [6.07, 6.45) is 4.70. The zero-order valence-electron chi connectivity index (χ0n) is 10.7. The van der Waals surface area contributed by atoms with Crippen molar-refractivity contribution in [3.63, 3.8) is 0 Å². The monoisotopic (exact) mass is 254 g/mol. The molecular weight excluding hydrogens is 232 g/mol. The molecule has 0 radical (unpaired) electrons. The summed E-state index contributed by atoms with van der Waals surface area (Å²) in [5, 5.41) is 0.799. The molecule has 2 nitrogen and oxygen atoms in total. The van der Waals surface area contributed by atoms with Crippen LogP contribution in [0.4, 0.5) is 0 Å². The van der Waals surface area contributed by atoms with Crippen molar-refractivity contribution < 1.29 is 0 Å². The van der Waals surface area contributed by atoms with Gasteiger partial charge in [-0.15, -0.1) is 0 Å². The predicted molar refractivity (Wildman–Crippen MR) is 74.8 cm³/mol. The lowest BCUT2D eigenvalue weighted by molar-refractivity contribution is 0.319. The number of rotatable bonds is 7. The number of hydrogen-bond acceptors (Lipinski definition) is 2. The molecule has 1 aromatic carbocycles. The van der Waals surface area contributed by atoms with E-state index in [1.807, 2.05) is 18.2 Å². The number of nitrogens with two attached hydrogens (primary N) is 1. The van der Waals surface area contributed by atoms with Crippen molar-refractivity contribution in [3.05, 3.63) is 34.9 Å². The van der Waals surface area contributed by atoms with Gasteiger partial charge in [0.15, 0.2) is 0 Å². The normalized spacial score (nSPS) is 13.0. The molecule has 1 atom stereocenters. The van der Waals surface area contributed by atoms with Gasteiger partial charge in [0.05, 0.1) is 6.04 Å². The molecule has 1 rings (SSSR count). The average molecular weight is 255 g/mol. The molecule has 0 bridgehead atoms. The van der Waals surface area contributed by atoms with E-state index in [2.05, 4.69) is 25.3 Å². The summed E-state index contributed by atoms with van der Waals surface area (Å²) in [7, 11) is 0. The van der Waals surface area contributed by atoms with Crippen LogP contribution in [0.2, 0.25) is 5.02 Å². The van der Waals surface area contributed by atoms with E-state index >= 15 is 0 Å². The summed E-state index contributed by atoms with van der Waals surface area (Å²) < 4.78 is 0. The first-order valence-corrected chi connectivity index (χ1v) is 6.82. The molecule has 1 unspecified atom stereocenters.